The van der Waals surface area contributed by atoms with Crippen molar-refractivity contribution in [3.05, 3.63) is 60.4 Å². The third-order valence-electron chi connectivity index (χ3n) is 5.21. The van der Waals surface area contributed by atoms with Crippen LogP contribution in [0.4, 0.5) is 0 Å². The summed E-state index contributed by atoms with van der Waals surface area (Å²) in [6.07, 6.45) is 6.41. The van der Waals surface area contributed by atoms with Crippen LogP contribution in [0.1, 0.15) is 43.0 Å². The highest BCUT2D eigenvalue weighted by molar-refractivity contribution is 5.94. The van der Waals surface area contributed by atoms with Crippen LogP contribution in [0, 0.1) is 5.92 Å². The molecule has 128 valence electrons. The molecule has 4 nitrogen and oxygen atoms in total. The van der Waals surface area contributed by atoms with Crippen molar-refractivity contribution in [1.82, 2.24) is 14.9 Å². The third kappa shape index (κ3) is 3.29. The predicted octanol–water partition coefficient (Wildman–Crippen LogP) is 4.33. The summed E-state index contributed by atoms with van der Waals surface area (Å²) in [7, 11) is 0. The molecular formula is C21H23N3O. The highest BCUT2D eigenvalue weighted by Gasteiger charge is 2.20. The molecule has 1 heterocycles. The Labute approximate surface area is 147 Å². The van der Waals surface area contributed by atoms with Gasteiger partial charge >= 0.3 is 0 Å². The topological polar surface area (TPSA) is 46.9 Å². The number of carbonyl (C=O) groups is 1. The van der Waals surface area contributed by atoms with E-state index in [1.54, 1.807) is 0 Å². The molecule has 0 spiro atoms. The molecule has 1 aromatic heterocycles. The van der Waals surface area contributed by atoms with Gasteiger partial charge in [0.15, 0.2) is 0 Å². The van der Waals surface area contributed by atoms with E-state index in [-0.39, 0.29) is 5.91 Å². The molecule has 0 unspecified atom stereocenters. The first-order chi connectivity index (χ1) is 12.2. The van der Waals surface area contributed by atoms with Gasteiger partial charge in [-0.15, -0.1) is 0 Å². The van der Waals surface area contributed by atoms with E-state index in [0.717, 1.165) is 35.5 Å². The third-order valence-corrected chi connectivity index (χ3v) is 5.21. The van der Waals surface area contributed by atoms with Gasteiger partial charge in [0.05, 0.1) is 11.0 Å². The quantitative estimate of drug-likeness (QED) is 0.775. The van der Waals surface area contributed by atoms with E-state index in [9.17, 15) is 4.79 Å². The number of rotatable bonds is 3. The average molecular weight is 333 g/mol. The van der Waals surface area contributed by atoms with Gasteiger partial charge in [-0.05, 0) is 68.0 Å². The highest BCUT2D eigenvalue weighted by atomic mass is 16.1. The van der Waals surface area contributed by atoms with E-state index in [1.807, 2.05) is 59.4 Å². The molecule has 1 aliphatic carbocycles. The molecule has 0 atom stereocenters. The van der Waals surface area contributed by atoms with Gasteiger partial charge in [0.25, 0.3) is 5.91 Å². The zero-order valence-electron chi connectivity index (χ0n) is 14.5. The normalized spacial score (nSPS) is 20.5. The van der Waals surface area contributed by atoms with Crippen LogP contribution >= 0.6 is 0 Å². The van der Waals surface area contributed by atoms with E-state index >= 15 is 0 Å². The molecular weight excluding hydrogens is 310 g/mol. The Morgan fingerprint density at radius 2 is 1.76 bits per heavy atom. The number of fused-ring (bicyclic) bond motifs is 1. The van der Waals surface area contributed by atoms with Gasteiger partial charge in [0.1, 0.15) is 6.33 Å². The van der Waals surface area contributed by atoms with E-state index in [1.165, 1.54) is 12.8 Å². The molecule has 25 heavy (non-hydrogen) atoms. The second-order valence-electron chi connectivity index (χ2n) is 7.08. The second kappa shape index (κ2) is 6.71. The standard InChI is InChI=1S/C21H23N3O/c1-15-6-10-17(11-7-15)23-21(25)16-8-12-18(13-9-16)24-14-22-19-4-2-3-5-20(19)24/h2-5,8-9,12-15,17H,6-7,10-11H2,1H3,(H,23,25). The number of nitrogens with one attached hydrogen (secondary N) is 1. The Bertz CT molecular complexity index is 874. The summed E-state index contributed by atoms with van der Waals surface area (Å²) in [4.78, 5) is 16.9. The molecule has 0 aliphatic heterocycles. The van der Waals surface area contributed by atoms with Gasteiger partial charge in [-0.3, -0.25) is 9.36 Å². The number of amides is 1. The lowest BCUT2D eigenvalue weighted by atomic mass is 9.87. The van der Waals surface area contributed by atoms with E-state index in [2.05, 4.69) is 17.2 Å². The fraction of sp³-hybridized carbons (Fsp3) is 0.333. The lowest BCUT2D eigenvalue weighted by molar-refractivity contribution is 0.0923. The van der Waals surface area contributed by atoms with Crippen molar-refractivity contribution in [2.24, 2.45) is 5.92 Å². The summed E-state index contributed by atoms with van der Waals surface area (Å²) < 4.78 is 2.04. The monoisotopic (exact) mass is 333 g/mol. The minimum absolute atomic E-state index is 0.0293. The van der Waals surface area contributed by atoms with Crippen LogP contribution < -0.4 is 5.32 Å². The first kappa shape index (κ1) is 15.9. The molecule has 0 radical (unpaired) electrons. The molecule has 1 amide bonds. The smallest absolute Gasteiger partial charge is 0.251 e. The van der Waals surface area contributed by atoms with Crippen LogP contribution in [0.5, 0.6) is 0 Å². The zero-order chi connectivity index (χ0) is 17.2. The molecule has 1 aliphatic rings. The Morgan fingerprint density at radius 1 is 1.04 bits per heavy atom. The Hall–Kier alpha value is -2.62. The summed E-state index contributed by atoms with van der Waals surface area (Å²) in [5.41, 5.74) is 3.76. The number of hydrogen-bond acceptors (Lipinski definition) is 2. The Kier molecular flexibility index (Phi) is 4.26. The van der Waals surface area contributed by atoms with Gasteiger partial charge in [0.2, 0.25) is 0 Å². The predicted molar refractivity (Wildman–Crippen MR) is 100.0 cm³/mol. The maximum Gasteiger partial charge on any atom is 0.251 e. The lowest BCUT2D eigenvalue weighted by Crippen LogP contribution is -2.37. The molecule has 0 bridgehead atoms. The van der Waals surface area contributed by atoms with Crippen LogP contribution in [-0.4, -0.2) is 21.5 Å². The number of carbonyl (C=O) groups excluding carboxylic acids is 1. The Morgan fingerprint density at radius 3 is 2.52 bits per heavy atom. The molecule has 1 saturated carbocycles. The summed E-state index contributed by atoms with van der Waals surface area (Å²) in [6.45, 7) is 2.29. The molecule has 1 fully saturated rings. The van der Waals surface area contributed by atoms with Gasteiger partial charge in [-0.1, -0.05) is 19.1 Å². The van der Waals surface area contributed by atoms with Gasteiger partial charge in [-0.2, -0.15) is 0 Å². The number of nitrogens with zero attached hydrogens (tertiary/aromatic N) is 2. The first-order valence-corrected chi connectivity index (χ1v) is 9.04. The van der Waals surface area contributed by atoms with Crippen molar-refractivity contribution >= 4 is 16.9 Å². The number of imidazole rings is 1. The number of aromatic nitrogens is 2. The van der Waals surface area contributed by atoms with Crippen LogP contribution in [0.2, 0.25) is 0 Å². The molecule has 0 saturated heterocycles. The van der Waals surface area contributed by atoms with Gasteiger partial charge in [0, 0.05) is 17.3 Å². The Balaban J connectivity index is 1.49. The van der Waals surface area contributed by atoms with Crippen LogP contribution in [0.25, 0.3) is 16.7 Å². The fourth-order valence-corrected chi connectivity index (χ4v) is 3.61. The average Bonchev–Trinajstić information content (AvgIpc) is 3.08. The van der Waals surface area contributed by atoms with Crippen molar-refractivity contribution in [3.8, 4) is 5.69 Å². The fourth-order valence-electron chi connectivity index (χ4n) is 3.61. The molecule has 4 heteroatoms. The summed E-state index contributed by atoms with van der Waals surface area (Å²) >= 11 is 0. The van der Waals surface area contributed by atoms with Crippen molar-refractivity contribution in [2.75, 3.05) is 0 Å². The molecule has 4 rings (SSSR count). The first-order valence-electron chi connectivity index (χ1n) is 9.04. The largest absolute Gasteiger partial charge is 0.349 e. The van der Waals surface area contributed by atoms with Crippen molar-refractivity contribution in [1.29, 1.82) is 0 Å². The second-order valence-corrected chi connectivity index (χ2v) is 7.08. The van der Waals surface area contributed by atoms with E-state index < -0.39 is 0 Å². The van der Waals surface area contributed by atoms with Crippen molar-refractivity contribution < 1.29 is 4.79 Å². The summed E-state index contributed by atoms with van der Waals surface area (Å²) in [6, 6.07) is 16.1. The number of hydrogen-bond donors (Lipinski definition) is 1. The molecule has 1 N–H and O–H groups in total. The maximum atomic E-state index is 12.5. The molecule has 3 aromatic rings. The van der Waals surface area contributed by atoms with Crippen molar-refractivity contribution in [2.45, 2.75) is 38.6 Å². The van der Waals surface area contributed by atoms with E-state index in [0.29, 0.717) is 11.6 Å². The summed E-state index contributed by atoms with van der Waals surface area (Å²) in [5, 5.41) is 3.18. The number of para-hydroxylation sites is 2. The number of benzene rings is 2. The minimum atomic E-state index is 0.0293. The van der Waals surface area contributed by atoms with Crippen LogP contribution in [-0.2, 0) is 0 Å². The zero-order valence-corrected chi connectivity index (χ0v) is 14.5. The van der Waals surface area contributed by atoms with Crippen molar-refractivity contribution in [3.63, 3.8) is 0 Å². The SMILES string of the molecule is CC1CCC(NC(=O)c2ccc(-n3cnc4ccccc43)cc2)CC1. The highest BCUT2D eigenvalue weighted by Crippen LogP contribution is 2.24. The lowest BCUT2D eigenvalue weighted by Gasteiger charge is -2.26. The molecule has 2 aromatic carbocycles. The van der Waals surface area contributed by atoms with Crippen LogP contribution in [0.3, 0.4) is 0 Å². The maximum absolute atomic E-state index is 12.5. The minimum Gasteiger partial charge on any atom is -0.349 e. The summed E-state index contributed by atoms with van der Waals surface area (Å²) in [5.74, 6) is 0.819. The van der Waals surface area contributed by atoms with E-state index in [4.69, 9.17) is 0 Å². The van der Waals surface area contributed by atoms with Gasteiger partial charge < -0.3 is 5.32 Å². The van der Waals surface area contributed by atoms with Crippen LogP contribution in [0.15, 0.2) is 54.9 Å². The van der Waals surface area contributed by atoms with Gasteiger partial charge in [-0.25, -0.2) is 4.98 Å².